The second-order valence-electron chi connectivity index (χ2n) is 2.83. The Morgan fingerprint density at radius 1 is 1.50 bits per heavy atom. The van der Waals surface area contributed by atoms with Gasteiger partial charge in [-0.15, -0.1) is 12.3 Å². The summed E-state index contributed by atoms with van der Waals surface area (Å²) in [6, 6.07) is 6.09. The van der Waals surface area contributed by atoms with Crippen LogP contribution in [0.2, 0.25) is 0 Å². The van der Waals surface area contributed by atoms with Crippen LogP contribution < -0.4 is 0 Å². The van der Waals surface area contributed by atoms with Gasteiger partial charge in [-0.05, 0) is 31.9 Å². The highest BCUT2D eigenvalue weighted by Gasteiger charge is 1.93. The molecule has 0 saturated carbocycles. The van der Waals surface area contributed by atoms with Gasteiger partial charge in [-0.3, -0.25) is 4.98 Å². The van der Waals surface area contributed by atoms with Crippen molar-refractivity contribution in [1.29, 1.82) is 0 Å². The Morgan fingerprint density at radius 3 is 3.00 bits per heavy atom. The van der Waals surface area contributed by atoms with Gasteiger partial charge in [0.1, 0.15) is 0 Å². The van der Waals surface area contributed by atoms with Crippen LogP contribution in [0.3, 0.4) is 0 Å². The molecule has 1 aromatic heterocycles. The zero-order valence-electron chi connectivity index (χ0n) is 7.38. The Labute approximate surface area is 73.8 Å². The lowest BCUT2D eigenvalue weighted by Gasteiger charge is -1.98. The van der Waals surface area contributed by atoms with E-state index in [2.05, 4.69) is 10.9 Å². The molecule has 62 valence electrons. The molecule has 1 heterocycles. The van der Waals surface area contributed by atoms with Crippen molar-refractivity contribution >= 4 is 0 Å². The van der Waals surface area contributed by atoms with Crippen LogP contribution in [0.15, 0.2) is 18.2 Å². The zero-order valence-corrected chi connectivity index (χ0v) is 7.38. The van der Waals surface area contributed by atoms with Crippen LogP contribution in [0.1, 0.15) is 24.2 Å². The molecule has 0 fully saturated rings. The van der Waals surface area contributed by atoms with Crippen LogP contribution in [0.25, 0.3) is 0 Å². The summed E-state index contributed by atoms with van der Waals surface area (Å²) in [5.41, 5.74) is 2.22. The number of hydrogen-bond donors (Lipinski definition) is 0. The van der Waals surface area contributed by atoms with E-state index in [0.717, 1.165) is 30.7 Å². The highest BCUT2D eigenvalue weighted by Crippen LogP contribution is 2.02. The van der Waals surface area contributed by atoms with E-state index in [4.69, 9.17) is 6.42 Å². The number of nitrogens with zero attached hydrogens (tertiary/aromatic N) is 1. The normalized spacial score (nSPS) is 9.33. The van der Waals surface area contributed by atoms with Gasteiger partial charge in [0.05, 0.1) is 0 Å². The number of aryl methyl sites for hydroxylation is 2. The van der Waals surface area contributed by atoms with Crippen molar-refractivity contribution in [1.82, 2.24) is 4.98 Å². The second kappa shape index (κ2) is 4.56. The Balaban J connectivity index is 2.48. The highest BCUT2D eigenvalue weighted by atomic mass is 14.7. The van der Waals surface area contributed by atoms with E-state index in [1.54, 1.807) is 0 Å². The molecule has 0 saturated heterocycles. The maximum Gasteiger partial charge on any atom is 0.0407 e. The molecule has 1 heteroatoms. The van der Waals surface area contributed by atoms with Crippen LogP contribution in [0, 0.1) is 19.3 Å². The number of unbranched alkanes of at least 4 members (excludes halogenated alkanes) is 1. The van der Waals surface area contributed by atoms with Crippen LogP contribution in [0.4, 0.5) is 0 Å². The number of hydrogen-bond acceptors (Lipinski definition) is 1. The summed E-state index contributed by atoms with van der Waals surface area (Å²) in [6.07, 6.45) is 8.02. The van der Waals surface area contributed by atoms with Crippen LogP contribution in [-0.4, -0.2) is 4.98 Å². The lowest BCUT2D eigenvalue weighted by atomic mass is 10.2. The van der Waals surface area contributed by atoms with E-state index < -0.39 is 0 Å². The summed E-state index contributed by atoms with van der Waals surface area (Å²) in [5, 5.41) is 0. The van der Waals surface area contributed by atoms with Gasteiger partial charge in [0.15, 0.2) is 0 Å². The number of aromatic nitrogens is 1. The van der Waals surface area contributed by atoms with Gasteiger partial charge in [-0.1, -0.05) is 6.07 Å². The third-order valence-corrected chi connectivity index (χ3v) is 1.70. The molecule has 0 spiro atoms. The summed E-state index contributed by atoms with van der Waals surface area (Å²) in [5.74, 6) is 2.62. The minimum atomic E-state index is 0.843. The quantitative estimate of drug-likeness (QED) is 0.487. The molecule has 0 aliphatic carbocycles. The molecule has 1 aromatic rings. The standard InChI is InChI=1S/C11H13N/c1-3-4-5-8-11-9-6-7-10(2)12-11/h1,6-7,9H,4-5,8H2,2H3. The monoisotopic (exact) mass is 159 g/mol. The Morgan fingerprint density at radius 2 is 2.33 bits per heavy atom. The molecule has 0 aliphatic rings. The van der Waals surface area contributed by atoms with Gasteiger partial charge in [0, 0.05) is 17.8 Å². The van der Waals surface area contributed by atoms with E-state index in [-0.39, 0.29) is 0 Å². The molecular formula is C11H13N. The third-order valence-electron chi connectivity index (χ3n) is 1.70. The molecule has 0 aliphatic heterocycles. The fourth-order valence-corrected chi connectivity index (χ4v) is 1.11. The fourth-order valence-electron chi connectivity index (χ4n) is 1.11. The minimum absolute atomic E-state index is 0.843. The van der Waals surface area contributed by atoms with Crippen molar-refractivity contribution in [2.45, 2.75) is 26.2 Å². The molecule has 0 amide bonds. The molecule has 0 N–H and O–H groups in total. The molecule has 1 rings (SSSR count). The number of terminal acetylenes is 1. The lowest BCUT2D eigenvalue weighted by molar-refractivity contribution is 0.826. The summed E-state index contributed by atoms with van der Waals surface area (Å²) >= 11 is 0. The minimum Gasteiger partial charge on any atom is -0.258 e. The summed E-state index contributed by atoms with van der Waals surface area (Å²) in [4.78, 5) is 4.38. The highest BCUT2D eigenvalue weighted by molar-refractivity contribution is 5.10. The van der Waals surface area contributed by atoms with Crippen LogP contribution >= 0.6 is 0 Å². The average Bonchev–Trinajstić information content (AvgIpc) is 2.05. The van der Waals surface area contributed by atoms with Crippen molar-refractivity contribution in [2.24, 2.45) is 0 Å². The van der Waals surface area contributed by atoms with Crippen molar-refractivity contribution in [3.8, 4) is 12.3 Å². The fraction of sp³-hybridized carbons (Fsp3) is 0.364. The second-order valence-corrected chi connectivity index (χ2v) is 2.83. The van der Waals surface area contributed by atoms with Crippen LogP contribution in [-0.2, 0) is 6.42 Å². The van der Waals surface area contributed by atoms with Gasteiger partial charge >= 0.3 is 0 Å². The first-order valence-electron chi connectivity index (χ1n) is 4.19. The average molecular weight is 159 g/mol. The molecular weight excluding hydrogens is 146 g/mol. The first-order valence-corrected chi connectivity index (χ1v) is 4.19. The van der Waals surface area contributed by atoms with Crippen molar-refractivity contribution in [3.05, 3.63) is 29.6 Å². The predicted molar refractivity (Wildman–Crippen MR) is 50.7 cm³/mol. The third kappa shape index (κ3) is 2.75. The SMILES string of the molecule is C#CCCCc1cccc(C)n1. The number of rotatable bonds is 3. The molecule has 0 radical (unpaired) electrons. The van der Waals surface area contributed by atoms with Crippen molar-refractivity contribution < 1.29 is 0 Å². The molecule has 0 aromatic carbocycles. The Bertz CT molecular complexity index is 283. The first kappa shape index (κ1) is 8.80. The van der Waals surface area contributed by atoms with Gasteiger partial charge < -0.3 is 0 Å². The zero-order chi connectivity index (χ0) is 8.81. The predicted octanol–water partition coefficient (Wildman–Crippen LogP) is 2.35. The topological polar surface area (TPSA) is 12.9 Å². The first-order chi connectivity index (χ1) is 5.83. The number of pyridine rings is 1. The van der Waals surface area contributed by atoms with Gasteiger partial charge in [0.25, 0.3) is 0 Å². The van der Waals surface area contributed by atoms with Gasteiger partial charge in [0.2, 0.25) is 0 Å². The maximum atomic E-state index is 5.15. The smallest absolute Gasteiger partial charge is 0.0407 e. The van der Waals surface area contributed by atoms with Crippen molar-refractivity contribution in [2.75, 3.05) is 0 Å². The Hall–Kier alpha value is -1.29. The molecule has 0 atom stereocenters. The summed E-state index contributed by atoms with van der Waals surface area (Å²) in [7, 11) is 0. The molecule has 12 heavy (non-hydrogen) atoms. The van der Waals surface area contributed by atoms with E-state index >= 15 is 0 Å². The van der Waals surface area contributed by atoms with E-state index in [1.807, 2.05) is 25.1 Å². The van der Waals surface area contributed by atoms with E-state index in [1.165, 1.54) is 0 Å². The summed E-state index contributed by atoms with van der Waals surface area (Å²) in [6.45, 7) is 2.00. The maximum absolute atomic E-state index is 5.15. The van der Waals surface area contributed by atoms with Crippen molar-refractivity contribution in [3.63, 3.8) is 0 Å². The molecule has 0 unspecified atom stereocenters. The van der Waals surface area contributed by atoms with Gasteiger partial charge in [-0.25, -0.2) is 0 Å². The molecule has 0 bridgehead atoms. The van der Waals surface area contributed by atoms with Crippen LogP contribution in [0.5, 0.6) is 0 Å². The van der Waals surface area contributed by atoms with E-state index in [9.17, 15) is 0 Å². The lowest BCUT2D eigenvalue weighted by Crippen LogP contribution is -1.91. The summed E-state index contributed by atoms with van der Waals surface area (Å²) < 4.78 is 0. The Kier molecular flexibility index (Phi) is 3.35. The largest absolute Gasteiger partial charge is 0.258 e. The van der Waals surface area contributed by atoms with E-state index in [0.29, 0.717) is 0 Å². The van der Waals surface area contributed by atoms with Gasteiger partial charge in [-0.2, -0.15) is 0 Å². The molecule has 1 nitrogen and oxygen atoms in total.